The van der Waals surface area contributed by atoms with Crippen LogP contribution in [0.1, 0.15) is 26.3 Å². The number of nitrogens with zero attached hydrogens (tertiary/aromatic N) is 1. The number of para-hydroxylation sites is 1. The van der Waals surface area contributed by atoms with Gasteiger partial charge in [0.05, 0.1) is 0 Å². The van der Waals surface area contributed by atoms with Crippen LogP contribution in [0.5, 0.6) is 5.75 Å². The molecule has 1 aromatic carbocycles. The third-order valence-electron chi connectivity index (χ3n) is 2.62. The summed E-state index contributed by atoms with van der Waals surface area (Å²) in [5.41, 5.74) is 0.227. The third-order valence-corrected chi connectivity index (χ3v) is 4.03. The van der Waals surface area contributed by atoms with Crippen molar-refractivity contribution in [2.24, 2.45) is 4.40 Å². The van der Waals surface area contributed by atoms with Crippen LogP contribution in [0.3, 0.4) is 0 Å². The van der Waals surface area contributed by atoms with Gasteiger partial charge in [-0.1, -0.05) is 10.5 Å². The van der Waals surface area contributed by atoms with Gasteiger partial charge in [0.1, 0.15) is 28.4 Å². The van der Waals surface area contributed by atoms with Crippen molar-refractivity contribution in [3.8, 4) is 5.75 Å². The molecule has 0 fully saturated rings. The quantitative estimate of drug-likeness (QED) is 0.746. The second-order valence-electron chi connectivity index (χ2n) is 5.23. The maximum absolute atomic E-state index is 13.9. The van der Waals surface area contributed by atoms with Crippen LogP contribution in [0.25, 0.3) is 0 Å². The predicted octanol–water partition coefficient (Wildman–Crippen LogP) is 2.81. The molecule has 0 aliphatic carbocycles. The van der Waals surface area contributed by atoms with E-state index in [1.807, 2.05) is 0 Å². The number of ether oxygens (including phenoxy) is 1. The normalized spacial score (nSPS) is 22.8. The van der Waals surface area contributed by atoms with Crippen LogP contribution in [0.4, 0.5) is 8.78 Å². The molecule has 3 nitrogen and oxygen atoms in total. The number of rotatable bonds is 1. The van der Waals surface area contributed by atoms with Gasteiger partial charge in [-0.2, -0.15) is 0 Å². The SMILES string of the molecule is CC(C)(C)[S@@+]([O-])N=C1c2cccc(F)c2OC[C@@H]1F. The van der Waals surface area contributed by atoms with Crippen LogP contribution >= 0.6 is 0 Å². The number of hydrogen-bond donors (Lipinski definition) is 0. The molecule has 0 amide bonds. The van der Waals surface area contributed by atoms with Crippen molar-refractivity contribution in [3.05, 3.63) is 29.6 Å². The molecule has 0 spiro atoms. The minimum Gasteiger partial charge on any atom is -0.591 e. The molecule has 0 radical (unpaired) electrons. The van der Waals surface area contributed by atoms with Gasteiger partial charge in [0.2, 0.25) is 0 Å². The van der Waals surface area contributed by atoms with Crippen molar-refractivity contribution >= 4 is 17.1 Å². The molecule has 1 aliphatic rings. The predicted molar refractivity (Wildman–Crippen MR) is 71.2 cm³/mol. The highest BCUT2D eigenvalue weighted by molar-refractivity contribution is 7.91. The highest BCUT2D eigenvalue weighted by atomic mass is 32.2. The van der Waals surface area contributed by atoms with E-state index in [9.17, 15) is 13.3 Å². The first-order chi connectivity index (χ1) is 8.80. The first-order valence-electron chi connectivity index (χ1n) is 5.87. The van der Waals surface area contributed by atoms with E-state index in [1.165, 1.54) is 18.2 Å². The van der Waals surface area contributed by atoms with Gasteiger partial charge >= 0.3 is 0 Å². The summed E-state index contributed by atoms with van der Waals surface area (Å²) in [7, 11) is 0. The lowest BCUT2D eigenvalue weighted by Crippen LogP contribution is -2.34. The maximum atomic E-state index is 13.9. The standard InChI is InChI=1S/C13H15F2NO2S/c1-13(2,3)19(17)16-11-8-5-4-6-9(14)12(8)18-7-10(11)15/h4-6,10H,7H2,1-3H3/t10-,19+/m0/s1. The fourth-order valence-corrected chi connectivity index (χ4v) is 2.26. The van der Waals surface area contributed by atoms with Crippen LogP contribution in [-0.4, -0.2) is 27.8 Å². The summed E-state index contributed by atoms with van der Waals surface area (Å²) >= 11 is -1.60. The molecular weight excluding hydrogens is 272 g/mol. The average Bonchev–Trinajstić information content (AvgIpc) is 2.31. The molecule has 2 atom stereocenters. The zero-order valence-corrected chi connectivity index (χ0v) is 11.8. The molecule has 0 aromatic heterocycles. The second-order valence-corrected chi connectivity index (χ2v) is 7.14. The van der Waals surface area contributed by atoms with E-state index in [1.54, 1.807) is 20.8 Å². The number of benzene rings is 1. The summed E-state index contributed by atoms with van der Waals surface area (Å²) < 4.78 is 47.8. The molecule has 104 valence electrons. The van der Waals surface area contributed by atoms with Gasteiger partial charge in [0, 0.05) is 5.56 Å². The Morgan fingerprint density at radius 2 is 2.11 bits per heavy atom. The number of alkyl halides is 1. The molecule has 0 saturated carbocycles. The van der Waals surface area contributed by atoms with Crippen molar-refractivity contribution < 1.29 is 18.1 Å². The average molecular weight is 287 g/mol. The lowest BCUT2D eigenvalue weighted by Gasteiger charge is -2.24. The Balaban J connectivity index is 2.47. The third kappa shape index (κ3) is 2.90. The van der Waals surface area contributed by atoms with E-state index in [2.05, 4.69) is 4.40 Å². The van der Waals surface area contributed by atoms with Crippen LogP contribution < -0.4 is 4.74 Å². The van der Waals surface area contributed by atoms with Gasteiger partial charge in [-0.3, -0.25) is 0 Å². The minimum absolute atomic E-state index is 0.00555. The van der Waals surface area contributed by atoms with Crippen molar-refractivity contribution in [2.75, 3.05) is 6.61 Å². The number of halogens is 2. The van der Waals surface area contributed by atoms with Gasteiger partial charge in [0.25, 0.3) is 0 Å². The van der Waals surface area contributed by atoms with E-state index >= 15 is 0 Å². The number of hydrogen-bond acceptors (Lipinski definition) is 3. The van der Waals surface area contributed by atoms with Crippen LogP contribution in [0.15, 0.2) is 22.6 Å². The molecule has 0 unspecified atom stereocenters. The van der Waals surface area contributed by atoms with Gasteiger partial charge in [0.15, 0.2) is 17.7 Å². The van der Waals surface area contributed by atoms with Crippen molar-refractivity contribution in [3.63, 3.8) is 0 Å². The van der Waals surface area contributed by atoms with E-state index in [0.717, 1.165) is 0 Å². The van der Waals surface area contributed by atoms with Gasteiger partial charge in [-0.15, -0.1) is 0 Å². The van der Waals surface area contributed by atoms with E-state index in [-0.39, 0.29) is 23.6 Å². The van der Waals surface area contributed by atoms with Crippen molar-refractivity contribution in [2.45, 2.75) is 31.7 Å². The molecule has 2 rings (SSSR count). The van der Waals surface area contributed by atoms with E-state index in [4.69, 9.17) is 4.74 Å². The Labute approximate surface area is 114 Å². The number of fused-ring (bicyclic) bond motifs is 1. The lowest BCUT2D eigenvalue weighted by molar-refractivity contribution is 0.222. The smallest absolute Gasteiger partial charge is 0.181 e. The Morgan fingerprint density at radius 3 is 2.74 bits per heavy atom. The lowest BCUT2D eigenvalue weighted by atomic mass is 10.0. The van der Waals surface area contributed by atoms with Crippen molar-refractivity contribution in [1.29, 1.82) is 0 Å². The summed E-state index contributed by atoms with van der Waals surface area (Å²) in [4.78, 5) is 0. The van der Waals surface area contributed by atoms with Crippen LogP contribution in [-0.2, 0) is 11.4 Å². The molecule has 6 heteroatoms. The summed E-state index contributed by atoms with van der Waals surface area (Å²) in [6, 6.07) is 4.20. The topological polar surface area (TPSA) is 44.7 Å². The fourth-order valence-electron chi connectivity index (χ4n) is 1.59. The Bertz CT molecular complexity index is 514. The molecular formula is C13H15F2NO2S. The fraction of sp³-hybridized carbons (Fsp3) is 0.462. The minimum atomic E-state index is -1.60. The molecule has 0 saturated heterocycles. The first kappa shape index (κ1) is 14.3. The van der Waals surface area contributed by atoms with Gasteiger partial charge < -0.3 is 9.29 Å². The molecule has 1 aliphatic heterocycles. The first-order valence-corrected chi connectivity index (χ1v) is 6.97. The molecule has 19 heavy (non-hydrogen) atoms. The Hall–Kier alpha value is -1.14. The summed E-state index contributed by atoms with van der Waals surface area (Å²) in [5.74, 6) is -0.597. The Morgan fingerprint density at radius 1 is 1.42 bits per heavy atom. The van der Waals surface area contributed by atoms with E-state index < -0.39 is 28.1 Å². The largest absolute Gasteiger partial charge is 0.591 e. The summed E-state index contributed by atoms with van der Waals surface area (Å²) in [5, 5.41) is 0. The summed E-state index contributed by atoms with van der Waals surface area (Å²) in [6.07, 6.45) is -1.50. The monoisotopic (exact) mass is 287 g/mol. The highest BCUT2D eigenvalue weighted by Crippen LogP contribution is 2.30. The van der Waals surface area contributed by atoms with Crippen LogP contribution in [0, 0.1) is 5.82 Å². The van der Waals surface area contributed by atoms with Crippen molar-refractivity contribution in [1.82, 2.24) is 0 Å². The second kappa shape index (κ2) is 5.09. The zero-order valence-electron chi connectivity index (χ0n) is 10.9. The van der Waals surface area contributed by atoms with Gasteiger partial charge in [-0.05, 0) is 32.9 Å². The molecule has 1 heterocycles. The maximum Gasteiger partial charge on any atom is 0.181 e. The highest BCUT2D eigenvalue weighted by Gasteiger charge is 2.34. The molecule has 0 N–H and O–H groups in total. The molecule has 0 bridgehead atoms. The van der Waals surface area contributed by atoms with Gasteiger partial charge in [-0.25, -0.2) is 8.78 Å². The Kier molecular flexibility index (Phi) is 3.82. The van der Waals surface area contributed by atoms with Crippen LogP contribution in [0.2, 0.25) is 0 Å². The summed E-state index contributed by atoms with van der Waals surface area (Å²) in [6.45, 7) is 4.92. The van der Waals surface area contributed by atoms with E-state index in [0.29, 0.717) is 0 Å². The molecule has 1 aromatic rings. The zero-order chi connectivity index (χ0) is 14.2.